The Morgan fingerprint density at radius 3 is 2.38 bits per heavy atom. The molecule has 0 saturated heterocycles. The Balaban J connectivity index is 2.81. The topological polar surface area (TPSA) is 0 Å². The molecule has 0 saturated carbocycles. The van der Waals surface area contributed by atoms with Crippen LogP contribution < -0.4 is 0 Å². The van der Waals surface area contributed by atoms with Gasteiger partial charge in [0, 0.05) is 5.33 Å². The number of halogens is 1. The van der Waals surface area contributed by atoms with Crippen LogP contribution in [0.4, 0.5) is 0 Å². The minimum atomic E-state index is 0.399. The van der Waals surface area contributed by atoms with Crippen LogP contribution >= 0.6 is 15.9 Å². The number of hydrogen-bond donors (Lipinski definition) is 0. The van der Waals surface area contributed by atoms with Crippen LogP contribution in [0.25, 0.3) is 0 Å². The van der Waals surface area contributed by atoms with Gasteiger partial charge in [0.05, 0.1) is 0 Å². The van der Waals surface area contributed by atoms with E-state index < -0.39 is 0 Å². The van der Waals surface area contributed by atoms with Crippen molar-refractivity contribution in [3.8, 4) is 0 Å². The monoisotopic (exact) mass is 282 g/mol. The lowest BCUT2D eigenvalue weighted by molar-refractivity contribution is 0.340. The molecule has 90 valence electrons. The number of alkyl halides is 1. The summed E-state index contributed by atoms with van der Waals surface area (Å²) in [4.78, 5) is 0. The van der Waals surface area contributed by atoms with E-state index >= 15 is 0 Å². The van der Waals surface area contributed by atoms with E-state index in [4.69, 9.17) is 0 Å². The second kappa shape index (κ2) is 5.86. The van der Waals surface area contributed by atoms with Crippen molar-refractivity contribution in [1.29, 1.82) is 0 Å². The second-order valence-corrected chi connectivity index (χ2v) is 5.85. The highest BCUT2D eigenvalue weighted by molar-refractivity contribution is 9.09. The highest BCUT2D eigenvalue weighted by Crippen LogP contribution is 2.30. The lowest BCUT2D eigenvalue weighted by atomic mass is 9.81. The van der Waals surface area contributed by atoms with Crippen molar-refractivity contribution in [1.82, 2.24) is 0 Å². The van der Waals surface area contributed by atoms with Crippen LogP contribution in [-0.4, -0.2) is 5.33 Å². The lowest BCUT2D eigenvalue weighted by Crippen LogP contribution is -2.21. The maximum absolute atomic E-state index is 3.66. The summed E-state index contributed by atoms with van der Waals surface area (Å²) in [7, 11) is 0. The Labute approximate surface area is 109 Å². The van der Waals surface area contributed by atoms with E-state index in [0.717, 1.165) is 5.33 Å². The summed E-state index contributed by atoms with van der Waals surface area (Å²) in [6.45, 7) is 9.01. The van der Waals surface area contributed by atoms with Gasteiger partial charge in [-0.2, -0.15) is 0 Å². The minimum absolute atomic E-state index is 0.399. The number of aryl methyl sites for hydroxylation is 2. The molecule has 0 N–H and O–H groups in total. The summed E-state index contributed by atoms with van der Waals surface area (Å²) in [5, 5.41) is 1.08. The van der Waals surface area contributed by atoms with Gasteiger partial charge in [-0.25, -0.2) is 0 Å². The van der Waals surface area contributed by atoms with Crippen molar-refractivity contribution >= 4 is 15.9 Å². The normalized spacial score (nSPS) is 14.8. The second-order valence-electron chi connectivity index (χ2n) is 5.29. The Kier molecular flexibility index (Phi) is 5.04. The van der Waals surface area contributed by atoms with Crippen molar-refractivity contribution < 1.29 is 0 Å². The van der Waals surface area contributed by atoms with Crippen molar-refractivity contribution in [2.45, 2.75) is 47.0 Å². The largest absolute Gasteiger partial charge is 0.0922 e. The molecule has 0 aliphatic rings. The molecule has 0 radical (unpaired) electrons. The molecule has 16 heavy (non-hydrogen) atoms. The van der Waals surface area contributed by atoms with E-state index in [1.807, 2.05) is 0 Å². The van der Waals surface area contributed by atoms with Gasteiger partial charge in [-0.3, -0.25) is 0 Å². The smallest absolute Gasteiger partial charge is 0.00885 e. The molecule has 0 nitrogen and oxygen atoms in total. The molecule has 0 amide bonds. The van der Waals surface area contributed by atoms with Crippen LogP contribution in [0.1, 0.15) is 43.4 Å². The summed E-state index contributed by atoms with van der Waals surface area (Å²) in [5.41, 5.74) is 4.67. The summed E-state index contributed by atoms with van der Waals surface area (Å²) in [6.07, 6.45) is 3.71. The van der Waals surface area contributed by atoms with E-state index in [1.54, 1.807) is 0 Å². The fraction of sp³-hybridized carbons (Fsp3) is 0.600. The zero-order valence-corrected chi connectivity index (χ0v) is 12.5. The Morgan fingerprint density at radius 1 is 1.19 bits per heavy atom. The van der Waals surface area contributed by atoms with E-state index in [2.05, 4.69) is 61.8 Å². The molecule has 1 unspecified atom stereocenters. The standard InChI is InChI=1S/C15H23Br/c1-5-8-15(4,11-16)10-14-7-6-12(2)13(3)9-14/h6-7,9H,5,8,10-11H2,1-4H3. The minimum Gasteiger partial charge on any atom is -0.0922 e. The van der Waals surface area contributed by atoms with Crippen LogP contribution in [-0.2, 0) is 6.42 Å². The first-order valence-corrected chi connectivity index (χ1v) is 7.25. The van der Waals surface area contributed by atoms with Crippen molar-refractivity contribution in [3.63, 3.8) is 0 Å². The third-order valence-corrected chi connectivity index (χ3v) is 4.73. The van der Waals surface area contributed by atoms with Gasteiger partial charge in [-0.1, -0.05) is 54.4 Å². The Hall–Kier alpha value is -0.300. The van der Waals surface area contributed by atoms with E-state index in [-0.39, 0.29) is 0 Å². The van der Waals surface area contributed by atoms with Crippen molar-refractivity contribution in [2.24, 2.45) is 5.41 Å². The molecule has 0 bridgehead atoms. The molecule has 1 aromatic rings. The molecule has 0 aliphatic carbocycles. The fourth-order valence-corrected chi connectivity index (χ4v) is 2.69. The molecular formula is C15H23Br. The molecule has 0 fully saturated rings. The first-order chi connectivity index (χ1) is 7.50. The third-order valence-electron chi connectivity index (χ3n) is 3.38. The van der Waals surface area contributed by atoms with Gasteiger partial charge in [-0.15, -0.1) is 0 Å². The first kappa shape index (κ1) is 13.8. The Bertz CT molecular complexity index is 343. The van der Waals surface area contributed by atoms with Crippen LogP contribution in [0.5, 0.6) is 0 Å². The SMILES string of the molecule is CCCC(C)(CBr)Cc1ccc(C)c(C)c1. The molecule has 0 heterocycles. The summed E-state index contributed by atoms with van der Waals surface area (Å²) < 4.78 is 0. The van der Waals surface area contributed by atoms with Gasteiger partial charge in [-0.05, 0) is 48.8 Å². The third kappa shape index (κ3) is 3.62. The molecule has 1 rings (SSSR count). The van der Waals surface area contributed by atoms with Crippen molar-refractivity contribution in [3.05, 3.63) is 34.9 Å². The molecule has 0 aromatic heterocycles. The van der Waals surface area contributed by atoms with Gasteiger partial charge < -0.3 is 0 Å². The zero-order chi connectivity index (χ0) is 12.2. The van der Waals surface area contributed by atoms with Gasteiger partial charge in [0.2, 0.25) is 0 Å². The van der Waals surface area contributed by atoms with Crippen LogP contribution in [0, 0.1) is 19.3 Å². The molecule has 1 atom stereocenters. The average Bonchev–Trinajstić information content (AvgIpc) is 2.24. The van der Waals surface area contributed by atoms with Gasteiger partial charge in [0.1, 0.15) is 0 Å². The molecule has 1 aromatic carbocycles. The number of rotatable bonds is 5. The van der Waals surface area contributed by atoms with Crippen LogP contribution in [0.15, 0.2) is 18.2 Å². The number of hydrogen-bond acceptors (Lipinski definition) is 0. The van der Waals surface area contributed by atoms with Gasteiger partial charge >= 0.3 is 0 Å². The predicted molar refractivity (Wildman–Crippen MR) is 76.4 cm³/mol. The fourth-order valence-electron chi connectivity index (χ4n) is 2.21. The summed E-state index contributed by atoms with van der Waals surface area (Å²) in [6, 6.07) is 6.86. The first-order valence-electron chi connectivity index (χ1n) is 6.13. The molecule has 1 heteroatoms. The predicted octanol–water partition coefficient (Wildman–Crippen LogP) is 5.05. The molecular weight excluding hydrogens is 260 g/mol. The molecule has 0 aliphatic heterocycles. The van der Waals surface area contributed by atoms with E-state index in [1.165, 1.54) is 36.0 Å². The zero-order valence-electron chi connectivity index (χ0n) is 10.9. The van der Waals surface area contributed by atoms with Gasteiger partial charge in [0.15, 0.2) is 0 Å². The summed E-state index contributed by atoms with van der Waals surface area (Å²) in [5.74, 6) is 0. The highest BCUT2D eigenvalue weighted by atomic mass is 79.9. The number of benzene rings is 1. The maximum atomic E-state index is 3.66. The van der Waals surface area contributed by atoms with Crippen LogP contribution in [0.2, 0.25) is 0 Å². The lowest BCUT2D eigenvalue weighted by Gasteiger charge is -2.27. The van der Waals surface area contributed by atoms with Gasteiger partial charge in [0.25, 0.3) is 0 Å². The highest BCUT2D eigenvalue weighted by Gasteiger charge is 2.22. The van der Waals surface area contributed by atoms with Crippen LogP contribution in [0.3, 0.4) is 0 Å². The maximum Gasteiger partial charge on any atom is 0.00885 e. The quantitative estimate of drug-likeness (QED) is 0.663. The van der Waals surface area contributed by atoms with E-state index in [9.17, 15) is 0 Å². The summed E-state index contributed by atoms with van der Waals surface area (Å²) >= 11 is 3.66. The molecule has 0 spiro atoms. The van der Waals surface area contributed by atoms with Crippen molar-refractivity contribution in [2.75, 3.05) is 5.33 Å². The Morgan fingerprint density at radius 2 is 1.88 bits per heavy atom. The van der Waals surface area contributed by atoms with E-state index in [0.29, 0.717) is 5.41 Å². The average molecular weight is 283 g/mol.